The number of rotatable bonds is 5. The van der Waals surface area contributed by atoms with Gasteiger partial charge in [-0.2, -0.15) is 0 Å². The van der Waals surface area contributed by atoms with Crippen LogP contribution < -0.4 is 14.4 Å². The Kier molecular flexibility index (Phi) is 5.40. The lowest BCUT2D eigenvalue weighted by atomic mass is 9.93. The number of nitrogens with zero attached hydrogens (tertiary/aromatic N) is 1. The van der Waals surface area contributed by atoms with E-state index in [-0.39, 0.29) is 23.2 Å². The van der Waals surface area contributed by atoms with Gasteiger partial charge in [0.2, 0.25) is 5.91 Å². The van der Waals surface area contributed by atoms with Crippen LogP contribution in [0, 0.1) is 5.41 Å². The molecular formula is C21H24N2O5S. The lowest BCUT2D eigenvalue weighted by Gasteiger charge is -2.26. The van der Waals surface area contributed by atoms with Crippen molar-refractivity contribution < 1.29 is 22.7 Å². The fourth-order valence-corrected chi connectivity index (χ4v) is 4.16. The van der Waals surface area contributed by atoms with Gasteiger partial charge in [0.1, 0.15) is 12.4 Å². The highest BCUT2D eigenvalue weighted by atomic mass is 32.2. The second kappa shape index (κ2) is 7.51. The molecule has 0 atom stereocenters. The van der Waals surface area contributed by atoms with Gasteiger partial charge in [-0.15, -0.1) is 0 Å². The number of nitrogens with one attached hydrogen (secondary N) is 1. The second-order valence-electron chi connectivity index (χ2n) is 7.59. The van der Waals surface area contributed by atoms with Gasteiger partial charge in [0.05, 0.1) is 21.7 Å². The largest absolute Gasteiger partial charge is 0.490 e. The number of fused-ring (bicyclic) bond motifs is 1. The summed E-state index contributed by atoms with van der Waals surface area (Å²) >= 11 is 0. The normalized spacial score (nSPS) is 15.9. The Morgan fingerprint density at radius 3 is 2.41 bits per heavy atom. The SMILES string of the molecule is CCN1C(=O)C(C)(C)COc2cc(NS(=O)(=O)c3ccc(C(C)=O)cc3)ccc21. The van der Waals surface area contributed by atoms with E-state index < -0.39 is 15.4 Å². The van der Waals surface area contributed by atoms with Crippen molar-refractivity contribution in [3.63, 3.8) is 0 Å². The van der Waals surface area contributed by atoms with E-state index in [2.05, 4.69) is 4.72 Å². The minimum absolute atomic E-state index is 0.0439. The van der Waals surface area contributed by atoms with E-state index in [4.69, 9.17) is 4.74 Å². The molecular weight excluding hydrogens is 392 g/mol. The molecule has 0 spiro atoms. The Morgan fingerprint density at radius 2 is 1.83 bits per heavy atom. The van der Waals surface area contributed by atoms with E-state index in [9.17, 15) is 18.0 Å². The van der Waals surface area contributed by atoms with Crippen LogP contribution in [0.15, 0.2) is 47.4 Å². The monoisotopic (exact) mass is 416 g/mol. The fourth-order valence-electron chi connectivity index (χ4n) is 3.11. The average Bonchev–Trinajstić information content (AvgIpc) is 2.76. The van der Waals surface area contributed by atoms with E-state index in [0.717, 1.165) is 0 Å². The van der Waals surface area contributed by atoms with E-state index in [1.165, 1.54) is 31.2 Å². The molecule has 0 aliphatic carbocycles. The summed E-state index contributed by atoms with van der Waals surface area (Å²) < 4.78 is 33.7. The van der Waals surface area contributed by atoms with Crippen LogP contribution in [0.4, 0.5) is 11.4 Å². The van der Waals surface area contributed by atoms with Gasteiger partial charge in [-0.05, 0) is 52.0 Å². The quantitative estimate of drug-likeness (QED) is 0.754. The molecule has 1 aliphatic rings. The predicted molar refractivity (Wildman–Crippen MR) is 111 cm³/mol. The van der Waals surface area contributed by atoms with Crippen molar-refractivity contribution in [1.29, 1.82) is 0 Å². The number of ketones is 1. The maximum absolute atomic E-state index is 12.7. The molecule has 3 rings (SSSR count). The maximum Gasteiger partial charge on any atom is 0.261 e. The number of ether oxygens (including phenoxy) is 1. The van der Waals surface area contributed by atoms with E-state index in [0.29, 0.717) is 29.2 Å². The van der Waals surface area contributed by atoms with Gasteiger partial charge in [-0.25, -0.2) is 8.42 Å². The number of sulfonamides is 1. The number of hydrogen-bond acceptors (Lipinski definition) is 5. The second-order valence-corrected chi connectivity index (χ2v) is 9.27. The molecule has 0 unspecified atom stereocenters. The third-order valence-electron chi connectivity index (χ3n) is 4.80. The summed E-state index contributed by atoms with van der Waals surface area (Å²) in [5, 5.41) is 0. The molecule has 1 aliphatic heterocycles. The zero-order valence-corrected chi connectivity index (χ0v) is 17.7. The molecule has 0 saturated carbocycles. The summed E-state index contributed by atoms with van der Waals surface area (Å²) in [7, 11) is -3.84. The first kappa shape index (κ1) is 20.9. The third kappa shape index (κ3) is 4.12. The van der Waals surface area contributed by atoms with Gasteiger partial charge in [0.15, 0.2) is 5.78 Å². The average molecular weight is 416 g/mol. The zero-order valence-electron chi connectivity index (χ0n) is 16.9. The lowest BCUT2D eigenvalue weighted by Crippen LogP contribution is -2.42. The third-order valence-corrected chi connectivity index (χ3v) is 6.20. The number of carbonyl (C=O) groups excluding carboxylic acids is 2. The van der Waals surface area contributed by atoms with Gasteiger partial charge < -0.3 is 9.64 Å². The Bertz CT molecular complexity index is 1060. The van der Waals surface area contributed by atoms with Gasteiger partial charge >= 0.3 is 0 Å². The van der Waals surface area contributed by atoms with Crippen molar-refractivity contribution in [2.24, 2.45) is 5.41 Å². The van der Waals surface area contributed by atoms with Crippen molar-refractivity contribution in [1.82, 2.24) is 0 Å². The van der Waals surface area contributed by atoms with Crippen LogP contribution in [0.25, 0.3) is 0 Å². The van der Waals surface area contributed by atoms with Gasteiger partial charge in [0, 0.05) is 18.2 Å². The highest BCUT2D eigenvalue weighted by Gasteiger charge is 2.37. The lowest BCUT2D eigenvalue weighted by molar-refractivity contribution is -0.127. The summed E-state index contributed by atoms with van der Waals surface area (Å²) in [4.78, 5) is 25.8. The molecule has 1 amide bonds. The number of anilines is 2. The number of amides is 1. The van der Waals surface area contributed by atoms with Crippen LogP contribution in [-0.2, 0) is 14.8 Å². The van der Waals surface area contributed by atoms with E-state index >= 15 is 0 Å². The summed E-state index contributed by atoms with van der Waals surface area (Å²) in [6.45, 7) is 7.61. The molecule has 0 bridgehead atoms. The molecule has 29 heavy (non-hydrogen) atoms. The smallest absolute Gasteiger partial charge is 0.261 e. The van der Waals surface area contributed by atoms with Crippen molar-refractivity contribution in [2.75, 3.05) is 22.8 Å². The Morgan fingerprint density at radius 1 is 1.17 bits per heavy atom. The Balaban J connectivity index is 1.91. The molecule has 8 heteroatoms. The fraction of sp³-hybridized carbons (Fsp3) is 0.333. The molecule has 2 aromatic rings. The number of benzene rings is 2. The van der Waals surface area contributed by atoms with Gasteiger partial charge in [-0.1, -0.05) is 12.1 Å². The maximum atomic E-state index is 12.7. The first-order valence-corrected chi connectivity index (χ1v) is 10.8. The summed E-state index contributed by atoms with van der Waals surface area (Å²) in [5.41, 5.74) is 0.682. The highest BCUT2D eigenvalue weighted by Crippen LogP contribution is 2.38. The van der Waals surface area contributed by atoms with Crippen molar-refractivity contribution >= 4 is 33.1 Å². The van der Waals surface area contributed by atoms with Crippen LogP contribution in [-0.4, -0.2) is 33.3 Å². The van der Waals surface area contributed by atoms with Crippen LogP contribution in [0.1, 0.15) is 38.1 Å². The minimum Gasteiger partial charge on any atom is -0.490 e. The molecule has 0 fully saturated rings. The van der Waals surface area contributed by atoms with Crippen LogP contribution in [0.2, 0.25) is 0 Å². The molecule has 0 saturated heterocycles. The van der Waals surface area contributed by atoms with Crippen LogP contribution >= 0.6 is 0 Å². The first-order valence-electron chi connectivity index (χ1n) is 9.28. The van der Waals surface area contributed by atoms with Crippen molar-refractivity contribution in [3.05, 3.63) is 48.0 Å². The molecule has 0 aromatic heterocycles. The molecule has 1 heterocycles. The predicted octanol–water partition coefficient (Wildman–Crippen LogP) is 3.46. The minimum atomic E-state index is -3.84. The summed E-state index contributed by atoms with van der Waals surface area (Å²) in [6.07, 6.45) is 0. The van der Waals surface area contributed by atoms with Crippen molar-refractivity contribution in [3.8, 4) is 5.75 Å². The van der Waals surface area contributed by atoms with Gasteiger partial charge in [0.25, 0.3) is 10.0 Å². The molecule has 7 nitrogen and oxygen atoms in total. The van der Waals surface area contributed by atoms with Crippen LogP contribution in [0.5, 0.6) is 5.75 Å². The molecule has 1 N–H and O–H groups in total. The number of hydrogen-bond donors (Lipinski definition) is 1. The van der Waals surface area contributed by atoms with E-state index in [1.54, 1.807) is 23.1 Å². The molecule has 0 radical (unpaired) electrons. The zero-order chi connectivity index (χ0) is 21.4. The summed E-state index contributed by atoms with van der Waals surface area (Å²) in [6, 6.07) is 10.6. The molecule has 2 aromatic carbocycles. The number of Topliss-reactive ketones (excluding diaryl/α,β-unsaturated/α-hetero) is 1. The number of carbonyl (C=O) groups is 2. The Hall–Kier alpha value is -2.87. The van der Waals surface area contributed by atoms with E-state index in [1.807, 2.05) is 20.8 Å². The van der Waals surface area contributed by atoms with Crippen LogP contribution in [0.3, 0.4) is 0 Å². The first-order chi connectivity index (χ1) is 13.5. The van der Waals surface area contributed by atoms with Gasteiger partial charge in [-0.3, -0.25) is 14.3 Å². The topological polar surface area (TPSA) is 92.8 Å². The highest BCUT2D eigenvalue weighted by molar-refractivity contribution is 7.92. The molecule has 154 valence electrons. The Labute approximate surface area is 170 Å². The summed E-state index contributed by atoms with van der Waals surface area (Å²) in [5.74, 6) is 0.262. The standard InChI is InChI=1S/C21H24N2O5S/c1-5-23-18-11-8-16(12-19(18)28-13-21(3,4)20(23)25)22-29(26,27)17-9-6-15(7-10-17)14(2)24/h6-12,22H,5,13H2,1-4H3. The van der Waals surface area contributed by atoms with Crippen molar-refractivity contribution in [2.45, 2.75) is 32.6 Å².